The summed E-state index contributed by atoms with van der Waals surface area (Å²) in [4.78, 5) is 13.8. The van der Waals surface area contributed by atoms with E-state index in [-0.39, 0.29) is 34.7 Å². The average molecular weight is 300 g/mol. The van der Waals surface area contributed by atoms with Crippen LogP contribution in [0.3, 0.4) is 0 Å². The van der Waals surface area contributed by atoms with Gasteiger partial charge in [0, 0.05) is 18.2 Å². The fourth-order valence-corrected chi connectivity index (χ4v) is 4.15. The van der Waals surface area contributed by atoms with Crippen LogP contribution in [0.25, 0.3) is 0 Å². The molecule has 0 saturated carbocycles. The lowest BCUT2D eigenvalue weighted by Gasteiger charge is -2.27. The van der Waals surface area contributed by atoms with Crippen molar-refractivity contribution in [2.45, 2.75) is 19.4 Å². The van der Waals surface area contributed by atoms with Crippen LogP contribution in [0.2, 0.25) is 0 Å². The van der Waals surface area contributed by atoms with E-state index in [1.807, 2.05) is 0 Å². The molecule has 2 rings (SSSR count). The molecule has 110 valence electrons. The molecule has 0 bridgehead atoms. The molecule has 0 aromatic heterocycles. The zero-order chi connectivity index (χ0) is 14.9. The molecule has 1 aliphatic heterocycles. The number of carbonyl (C=O) groups is 1. The highest BCUT2D eigenvalue weighted by atomic mass is 32.2. The molecule has 1 unspecified atom stereocenters. The molecule has 1 heterocycles. The van der Waals surface area contributed by atoms with Crippen LogP contribution in [0.1, 0.15) is 23.7 Å². The number of benzene rings is 1. The maximum Gasteiger partial charge on any atom is 0.254 e. The highest BCUT2D eigenvalue weighted by Crippen LogP contribution is 2.21. The van der Waals surface area contributed by atoms with Gasteiger partial charge in [0.25, 0.3) is 5.91 Å². The average Bonchev–Trinajstić information content (AvgIpc) is 2.74. The molecular weight excluding hydrogens is 283 g/mol. The fraction of sp³-hybridized carbons (Fsp3) is 0.462. The van der Waals surface area contributed by atoms with Crippen LogP contribution < -0.4 is 5.73 Å². The predicted molar refractivity (Wildman–Crippen MR) is 74.6 cm³/mol. The summed E-state index contributed by atoms with van der Waals surface area (Å²) in [6.45, 7) is 2.15. The zero-order valence-electron chi connectivity index (χ0n) is 11.2. The number of rotatable bonds is 3. The molecule has 1 aromatic rings. The minimum atomic E-state index is -3.07. The summed E-state index contributed by atoms with van der Waals surface area (Å²) >= 11 is 0. The maximum atomic E-state index is 13.4. The number of hydrogen-bond acceptors (Lipinski definition) is 4. The van der Waals surface area contributed by atoms with Crippen LogP contribution in [0.4, 0.5) is 10.1 Å². The third kappa shape index (κ3) is 2.92. The van der Waals surface area contributed by atoms with E-state index in [0.717, 1.165) is 6.07 Å². The van der Waals surface area contributed by atoms with Crippen molar-refractivity contribution >= 4 is 21.4 Å². The van der Waals surface area contributed by atoms with Crippen LogP contribution in [-0.2, 0) is 9.84 Å². The van der Waals surface area contributed by atoms with Gasteiger partial charge in [0.05, 0.1) is 17.2 Å². The van der Waals surface area contributed by atoms with Crippen molar-refractivity contribution in [3.05, 3.63) is 29.6 Å². The number of hydrogen-bond donors (Lipinski definition) is 1. The Kier molecular flexibility index (Phi) is 3.99. The molecule has 7 heteroatoms. The maximum absolute atomic E-state index is 13.4. The van der Waals surface area contributed by atoms with Gasteiger partial charge in [-0.2, -0.15) is 0 Å². The van der Waals surface area contributed by atoms with E-state index in [4.69, 9.17) is 5.73 Å². The molecule has 1 amide bonds. The Morgan fingerprint density at radius 1 is 1.50 bits per heavy atom. The van der Waals surface area contributed by atoms with Gasteiger partial charge < -0.3 is 10.6 Å². The summed E-state index contributed by atoms with van der Waals surface area (Å²) in [5.41, 5.74) is 5.54. The van der Waals surface area contributed by atoms with Gasteiger partial charge in [-0.1, -0.05) is 0 Å². The molecular formula is C13H17FN2O3S. The minimum Gasteiger partial charge on any atom is -0.396 e. The predicted octanol–water partition coefficient (Wildman–Crippen LogP) is 1.06. The van der Waals surface area contributed by atoms with Crippen LogP contribution in [0.15, 0.2) is 18.2 Å². The van der Waals surface area contributed by atoms with Gasteiger partial charge in [-0.15, -0.1) is 0 Å². The largest absolute Gasteiger partial charge is 0.396 e. The molecule has 1 fully saturated rings. The van der Waals surface area contributed by atoms with E-state index < -0.39 is 15.7 Å². The van der Waals surface area contributed by atoms with Crippen molar-refractivity contribution in [2.24, 2.45) is 0 Å². The Labute approximate surface area is 117 Å². The van der Waals surface area contributed by atoms with Crippen LogP contribution in [-0.4, -0.2) is 43.3 Å². The third-order valence-electron chi connectivity index (χ3n) is 3.50. The normalized spacial score (nSPS) is 20.8. The lowest BCUT2D eigenvalue weighted by Crippen LogP contribution is -2.41. The first-order chi connectivity index (χ1) is 9.34. The molecule has 0 spiro atoms. The number of anilines is 1. The Balaban J connectivity index is 2.23. The van der Waals surface area contributed by atoms with E-state index in [1.54, 1.807) is 6.92 Å². The van der Waals surface area contributed by atoms with Crippen molar-refractivity contribution in [1.29, 1.82) is 0 Å². The summed E-state index contributed by atoms with van der Waals surface area (Å²) in [6, 6.07) is 3.54. The quantitative estimate of drug-likeness (QED) is 0.846. The highest BCUT2D eigenvalue weighted by molar-refractivity contribution is 7.91. The van der Waals surface area contributed by atoms with E-state index in [1.165, 1.54) is 17.0 Å². The molecule has 0 radical (unpaired) electrons. The van der Waals surface area contributed by atoms with Crippen LogP contribution in [0, 0.1) is 5.82 Å². The molecule has 1 aliphatic rings. The molecule has 1 saturated heterocycles. The van der Waals surface area contributed by atoms with E-state index in [0.29, 0.717) is 13.0 Å². The third-order valence-corrected chi connectivity index (χ3v) is 5.25. The number of nitrogen functional groups attached to an aromatic ring is 1. The summed E-state index contributed by atoms with van der Waals surface area (Å²) in [7, 11) is -3.07. The second-order valence-corrected chi connectivity index (χ2v) is 7.11. The second-order valence-electron chi connectivity index (χ2n) is 4.88. The van der Waals surface area contributed by atoms with Gasteiger partial charge in [-0.25, -0.2) is 12.8 Å². The van der Waals surface area contributed by atoms with Gasteiger partial charge >= 0.3 is 0 Å². The highest BCUT2D eigenvalue weighted by Gasteiger charge is 2.34. The van der Waals surface area contributed by atoms with Crippen molar-refractivity contribution in [3.63, 3.8) is 0 Å². The number of halogens is 1. The van der Waals surface area contributed by atoms with Gasteiger partial charge in [0.15, 0.2) is 9.84 Å². The topological polar surface area (TPSA) is 80.5 Å². The molecule has 0 aliphatic carbocycles. The number of nitrogens with two attached hydrogens (primary N) is 1. The summed E-state index contributed by atoms with van der Waals surface area (Å²) in [6.07, 6.45) is 0.430. The van der Waals surface area contributed by atoms with E-state index in [2.05, 4.69) is 0 Å². The van der Waals surface area contributed by atoms with Crippen molar-refractivity contribution < 1.29 is 17.6 Å². The first-order valence-corrected chi connectivity index (χ1v) is 8.22. The number of carbonyl (C=O) groups excluding carboxylic acids is 1. The lowest BCUT2D eigenvalue weighted by atomic mass is 10.1. The van der Waals surface area contributed by atoms with Crippen molar-refractivity contribution in [1.82, 2.24) is 4.90 Å². The fourth-order valence-electron chi connectivity index (χ4n) is 2.41. The summed E-state index contributed by atoms with van der Waals surface area (Å²) in [5.74, 6) is -0.943. The number of sulfone groups is 1. The molecule has 2 N–H and O–H groups in total. The smallest absolute Gasteiger partial charge is 0.254 e. The van der Waals surface area contributed by atoms with E-state index in [9.17, 15) is 17.6 Å². The number of amides is 1. The zero-order valence-corrected chi connectivity index (χ0v) is 12.0. The summed E-state index contributed by atoms with van der Waals surface area (Å²) < 4.78 is 36.4. The molecule has 5 nitrogen and oxygen atoms in total. The Bertz CT molecular complexity index is 631. The summed E-state index contributed by atoms with van der Waals surface area (Å²) in [5, 5.41) is 0. The van der Waals surface area contributed by atoms with Gasteiger partial charge in [-0.05, 0) is 31.5 Å². The Morgan fingerprint density at radius 2 is 2.20 bits per heavy atom. The van der Waals surface area contributed by atoms with Crippen molar-refractivity contribution in [3.8, 4) is 0 Å². The molecule has 1 aromatic carbocycles. The monoisotopic (exact) mass is 300 g/mol. The van der Waals surface area contributed by atoms with Crippen LogP contribution in [0.5, 0.6) is 0 Å². The SMILES string of the molecule is CCN(C(=O)c1ccc(N)c(F)c1)C1CCS(=O)(=O)C1. The van der Waals surface area contributed by atoms with Gasteiger partial charge in [0.2, 0.25) is 0 Å². The molecule has 1 atom stereocenters. The van der Waals surface area contributed by atoms with E-state index >= 15 is 0 Å². The first kappa shape index (κ1) is 14.8. The van der Waals surface area contributed by atoms with Crippen LogP contribution >= 0.6 is 0 Å². The second kappa shape index (κ2) is 5.40. The minimum absolute atomic E-state index is 0.0203. The number of nitrogens with zero attached hydrogens (tertiary/aromatic N) is 1. The lowest BCUT2D eigenvalue weighted by molar-refractivity contribution is 0.0708. The first-order valence-electron chi connectivity index (χ1n) is 6.40. The Hall–Kier alpha value is -1.63. The van der Waals surface area contributed by atoms with Crippen molar-refractivity contribution in [2.75, 3.05) is 23.8 Å². The van der Waals surface area contributed by atoms with Gasteiger partial charge in [0.1, 0.15) is 5.82 Å². The molecule has 20 heavy (non-hydrogen) atoms. The Morgan fingerprint density at radius 3 is 2.70 bits per heavy atom. The standard InChI is InChI=1S/C13H17FN2O3S/c1-2-16(10-5-6-20(18,19)8-10)13(17)9-3-4-12(15)11(14)7-9/h3-4,7,10H,2,5-6,8,15H2,1H3. The van der Waals surface area contributed by atoms with Gasteiger partial charge in [-0.3, -0.25) is 4.79 Å².